The van der Waals surface area contributed by atoms with Crippen LogP contribution in [0, 0.1) is 11.3 Å². The smallest absolute Gasteiger partial charge is 0.408 e. The van der Waals surface area contributed by atoms with Gasteiger partial charge in [-0.3, -0.25) is 9.59 Å². The van der Waals surface area contributed by atoms with Crippen molar-refractivity contribution in [2.45, 2.75) is 82.0 Å². The highest BCUT2D eigenvalue weighted by Gasteiger charge is 2.56. The quantitative estimate of drug-likeness (QED) is 0.247. The molecule has 3 atom stereocenters. The van der Waals surface area contributed by atoms with Gasteiger partial charge in [-0.05, 0) is 53.5 Å². The standard InChI is InChI=1S/C27H26F7N9O4/c1-24(28,29)21-20(41-47-42-21)22(44)39-19(14-2-4-26(30,31)5-3-14)15-11-43-17(37-15)6-13(10-36-43)7-25(9-18-40-35-12-46-18)8-16(27(32,33)34)38-23(25)45/h6,10-12,14,16,19H,2-5,7-9H2,1H3,(H,38,45)(H,39,44)/t16-,19-,25-/m0/s1. The minimum Gasteiger partial charge on any atom is -0.428 e. The topological polar surface area (TPSA) is 166 Å². The van der Waals surface area contributed by atoms with E-state index in [1.54, 1.807) is 0 Å². The van der Waals surface area contributed by atoms with Crippen LogP contribution in [0.1, 0.15) is 78.4 Å². The Morgan fingerprint density at radius 1 is 1.17 bits per heavy atom. The fourth-order valence-electron chi connectivity index (χ4n) is 6.21. The third-order valence-electron chi connectivity index (χ3n) is 8.57. The van der Waals surface area contributed by atoms with Crippen LogP contribution < -0.4 is 10.6 Å². The number of carbonyl (C=O) groups is 2. The zero-order valence-electron chi connectivity index (χ0n) is 24.4. The van der Waals surface area contributed by atoms with Gasteiger partial charge in [0.2, 0.25) is 29.8 Å². The van der Waals surface area contributed by atoms with E-state index in [1.165, 1.54) is 23.0 Å². The van der Waals surface area contributed by atoms with E-state index >= 15 is 0 Å². The predicted molar refractivity (Wildman–Crippen MR) is 141 cm³/mol. The van der Waals surface area contributed by atoms with Crippen molar-refractivity contribution in [3.8, 4) is 0 Å². The number of hydrogen-bond donors (Lipinski definition) is 2. The Morgan fingerprint density at radius 3 is 2.55 bits per heavy atom. The van der Waals surface area contributed by atoms with E-state index in [0.717, 1.165) is 6.39 Å². The Kier molecular flexibility index (Phi) is 7.94. The minimum absolute atomic E-state index is 0.0357. The Bertz CT molecular complexity index is 1760. The largest absolute Gasteiger partial charge is 0.428 e. The lowest BCUT2D eigenvalue weighted by Crippen LogP contribution is -2.39. The first-order chi connectivity index (χ1) is 22.0. The van der Waals surface area contributed by atoms with Crippen LogP contribution in [-0.2, 0) is 23.6 Å². The second kappa shape index (κ2) is 11.5. The molecule has 6 rings (SSSR count). The SMILES string of the molecule is CC(F)(F)c1nonc1C(=O)N[C@H](c1cn2ncc(C[C@@]3(Cc4nnco4)C[C@@H](C(F)(F)F)NC3=O)cc2n1)C1CCC(F)(F)CC1. The molecule has 2 amide bonds. The third-order valence-corrected chi connectivity index (χ3v) is 8.57. The summed E-state index contributed by atoms with van der Waals surface area (Å²) in [5.41, 5.74) is -2.80. The molecule has 0 spiro atoms. The van der Waals surface area contributed by atoms with Crippen LogP contribution in [0.2, 0.25) is 0 Å². The van der Waals surface area contributed by atoms with E-state index in [4.69, 9.17) is 4.42 Å². The number of alkyl halides is 7. The van der Waals surface area contributed by atoms with Crippen LogP contribution in [0.5, 0.6) is 0 Å². The monoisotopic (exact) mass is 673 g/mol. The van der Waals surface area contributed by atoms with Gasteiger partial charge in [-0.1, -0.05) is 0 Å². The van der Waals surface area contributed by atoms with Crippen LogP contribution >= 0.6 is 0 Å². The van der Waals surface area contributed by atoms with Crippen molar-refractivity contribution >= 4 is 17.5 Å². The molecule has 5 heterocycles. The van der Waals surface area contributed by atoms with Gasteiger partial charge in [0.25, 0.3) is 11.8 Å². The minimum atomic E-state index is -4.70. The molecule has 0 bridgehead atoms. The van der Waals surface area contributed by atoms with Gasteiger partial charge in [0.15, 0.2) is 11.3 Å². The Balaban J connectivity index is 1.31. The van der Waals surface area contributed by atoms with Crippen molar-refractivity contribution in [1.82, 2.24) is 45.7 Å². The second-order valence-electron chi connectivity index (χ2n) is 12.1. The molecule has 252 valence electrons. The molecule has 1 saturated carbocycles. The molecule has 1 aliphatic carbocycles. The fraction of sp³-hybridized carbons (Fsp3) is 0.556. The molecular formula is C27H26F7N9O4. The van der Waals surface area contributed by atoms with Crippen LogP contribution in [0.15, 0.2) is 33.9 Å². The van der Waals surface area contributed by atoms with Gasteiger partial charge >= 0.3 is 6.18 Å². The van der Waals surface area contributed by atoms with E-state index in [-0.39, 0.29) is 42.9 Å². The van der Waals surface area contributed by atoms with Gasteiger partial charge in [0, 0.05) is 26.2 Å². The second-order valence-corrected chi connectivity index (χ2v) is 12.1. The molecule has 4 aromatic heterocycles. The summed E-state index contributed by atoms with van der Waals surface area (Å²) in [5.74, 6) is -9.07. The lowest BCUT2D eigenvalue weighted by atomic mass is 9.76. The van der Waals surface area contributed by atoms with E-state index in [2.05, 4.69) is 40.5 Å². The molecule has 1 aliphatic heterocycles. The summed E-state index contributed by atoms with van der Waals surface area (Å²) in [6, 6.07) is -1.69. The Hall–Kier alpha value is -4.65. The number of imidazole rings is 1. The first-order valence-corrected chi connectivity index (χ1v) is 14.4. The maximum atomic E-state index is 14.0. The lowest BCUT2D eigenvalue weighted by Gasteiger charge is -2.33. The van der Waals surface area contributed by atoms with Gasteiger partial charge in [0.1, 0.15) is 6.04 Å². The Labute approximate surface area is 259 Å². The van der Waals surface area contributed by atoms with Crippen LogP contribution in [-0.4, -0.2) is 65.1 Å². The van der Waals surface area contributed by atoms with Crippen molar-refractivity contribution in [2.75, 3.05) is 0 Å². The number of amides is 2. The maximum absolute atomic E-state index is 14.0. The van der Waals surface area contributed by atoms with Crippen molar-refractivity contribution < 1.29 is 49.4 Å². The normalized spacial score (nSPS) is 22.8. The van der Waals surface area contributed by atoms with E-state index < -0.39 is 83.9 Å². The molecule has 2 aliphatic rings. The van der Waals surface area contributed by atoms with Crippen LogP contribution in [0.3, 0.4) is 0 Å². The fourth-order valence-corrected chi connectivity index (χ4v) is 6.21. The zero-order chi connectivity index (χ0) is 33.8. The van der Waals surface area contributed by atoms with Crippen molar-refractivity contribution in [2.24, 2.45) is 11.3 Å². The summed E-state index contributed by atoms with van der Waals surface area (Å²) in [6.07, 6.45) is -3.12. The van der Waals surface area contributed by atoms with Gasteiger partial charge < -0.3 is 15.1 Å². The number of hydrogen-bond acceptors (Lipinski definition) is 10. The molecule has 0 radical (unpaired) electrons. The number of nitrogens with zero attached hydrogens (tertiary/aromatic N) is 7. The highest BCUT2D eigenvalue weighted by atomic mass is 19.4. The highest BCUT2D eigenvalue weighted by Crippen LogP contribution is 2.43. The number of rotatable bonds is 9. The summed E-state index contributed by atoms with van der Waals surface area (Å²) in [7, 11) is 0. The molecular weight excluding hydrogens is 647 g/mol. The van der Waals surface area contributed by atoms with Crippen LogP contribution in [0.25, 0.3) is 5.65 Å². The summed E-state index contributed by atoms with van der Waals surface area (Å²) in [5, 5.41) is 22.5. The van der Waals surface area contributed by atoms with Crippen molar-refractivity contribution in [3.63, 3.8) is 0 Å². The molecule has 20 heteroatoms. The number of carbonyl (C=O) groups excluding carboxylic acids is 2. The summed E-state index contributed by atoms with van der Waals surface area (Å²) >= 11 is 0. The molecule has 2 N–H and O–H groups in total. The van der Waals surface area contributed by atoms with Gasteiger partial charge in [-0.2, -0.15) is 27.1 Å². The summed E-state index contributed by atoms with van der Waals surface area (Å²) < 4.78 is 108. The molecule has 1 saturated heterocycles. The molecule has 13 nitrogen and oxygen atoms in total. The predicted octanol–water partition coefficient (Wildman–Crippen LogP) is 4.13. The van der Waals surface area contributed by atoms with E-state index in [9.17, 15) is 40.3 Å². The zero-order valence-corrected chi connectivity index (χ0v) is 24.4. The van der Waals surface area contributed by atoms with Crippen molar-refractivity contribution in [1.29, 1.82) is 0 Å². The molecule has 4 aromatic rings. The van der Waals surface area contributed by atoms with E-state index in [0.29, 0.717) is 12.5 Å². The number of fused-ring (bicyclic) bond motifs is 1. The molecule has 47 heavy (non-hydrogen) atoms. The lowest BCUT2D eigenvalue weighted by molar-refractivity contribution is -0.155. The number of halogens is 7. The highest BCUT2D eigenvalue weighted by molar-refractivity contribution is 5.93. The molecule has 0 aromatic carbocycles. The van der Waals surface area contributed by atoms with Gasteiger partial charge in [-0.15, -0.1) is 10.2 Å². The molecule has 0 unspecified atom stereocenters. The summed E-state index contributed by atoms with van der Waals surface area (Å²) in [4.78, 5) is 30.7. The number of aromatic nitrogens is 7. The third kappa shape index (κ3) is 6.62. The van der Waals surface area contributed by atoms with E-state index in [1.807, 2.05) is 5.32 Å². The number of nitrogens with one attached hydrogen (secondary N) is 2. The summed E-state index contributed by atoms with van der Waals surface area (Å²) in [6.45, 7) is 0.500. The maximum Gasteiger partial charge on any atom is 0.408 e. The van der Waals surface area contributed by atoms with Gasteiger partial charge in [-0.25, -0.2) is 22.9 Å². The van der Waals surface area contributed by atoms with Crippen LogP contribution in [0.4, 0.5) is 30.7 Å². The first-order valence-electron chi connectivity index (χ1n) is 14.4. The van der Waals surface area contributed by atoms with Gasteiger partial charge in [0.05, 0.1) is 29.5 Å². The average molecular weight is 674 g/mol. The average Bonchev–Trinajstić information content (AvgIpc) is 3.79. The first kappa shape index (κ1) is 32.3. The van der Waals surface area contributed by atoms with Crippen molar-refractivity contribution in [3.05, 3.63) is 53.4 Å². The molecule has 2 fully saturated rings. The Morgan fingerprint density at radius 2 is 1.91 bits per heavy atom.